The van der Waals surface area contributed by atoms with Gasteiger partial charge in [0.2, 0.25) is 5.91 Å². The predicted octanol–water partition coefficient (Wildman–Crippen LogP) is 0.271. The number of rotatable bonds is 7. The SMILES string of the molecule is NC(=O)OCC1(C(=O)O)CS[C@@H]2C(NC(=O)OCc3ccc([N+](=O)[O-])cc3)C(=O)N2C1. The first-order chi connectivity index (χ1) is 14.6. The standard InChI is InChI=1S/C17H18N4O9S/c18-15(25)30-7-17(14(23)24)6-20-12(22)11(13(20)31-8-17)19-16(26)29-5-9-1-3-10(4-2-9)21(27)28/h1-4,11,13H,5-8H2,(H2,18,25)(H,19,26)(H,23,24)/t11?,13-,17?/m1/s1. The van der Waals surface area contributed by atoms with Crippen molar-refractivity contribution in [3.05, 3.63) is 39.9 Å². The number of aliphatic carboxylic acids is 1. The monoisotopic (exact) mass is 454 g/mol. The van der Waals surface area contributed by atoms with E-state index in [1.165, 1.54) is 29.2 Å². The third-order valence-electron chi connectivity index (χ3n) is 4.88. The first kappa shape index (κ1) is 22.1. The Morgan fingerprint density at radius 2 is 2.00 bits per heavy atom. The number of nitrogens with two attached hydrogens (primary N) is 1. The smallest absolute Gasteiger partial charge is 0.408 e. The average Bonchev–Trinajstić information content (AvgIpc) is 2.74. The van der Waals surface area contributed by atoms with Crippen molar-refractivity contribution in [2.45, 2.75) is 18.0 Å². The zero-order valence-corrected chi connectivity index (χ0v) is 16.7. The van der Waals surface area contributed by atoms with Gasteiger partial charge in [0.15, 0.2) is 0 Å². The van der Waals surface area contributed by atoms with Gasteiger partial charge in [-0.05, 0) is 17.7 Å². The van der Waals surface area contributed by atoms with Crippen LogP contribution in [0, 0.1) is 15.5 Å². The third-order valence-corrected chi connectivity index (χ3v) is 6.47. The van der Waals surface area contributed by atoms with E-state index in [0.717, 1.165) is 11.8 Å². The molecule has 0 bridgehead atoms. The summed E-state index contributed by atoms with van der Waals surface area (Å²) < 4.78 is 9.70. The molecular formula is C17H18N4O9S. The van der Waals surface area contributed by atoms with Crippen molar-refractivity contribution in [2.75, 3.05) is 18.9 Å². The minimum atomic E-state index is -1.49. The zero-order chi connectivity index (χ0) is 22.8. The quantitative estimate of drug-likeness (QED) is 0.293. The maximum atomic E-state index is 12.4. The number of nitro groups is 1. The molecule has 13 nitrogen and oxygen atoms in total. The van der Waals surface area contributed by atoms with Crippen molar-refractivity contribution in [1.29, 1.82) is 0 Å². The lowest BCUT2D eigenvalue weighted by Crippen LogP contribution is -2.74. The van der Waals surface area contributed by atoms with E-state index in [1.54, 1.807) is 0 Å². The highest BCUT2D eigenvalue weighted by atomic mass is 32.2. The summed E-state index contributed by atoms with van der Waals surface area (Å²) >= 11 is 1.13. The molecule has 166 valence electrons. The van der Waals surface area contributed by atoms with Crippen molar-refractivity contribution in [3.8, 4) is 0 Å². The molecule has 2 aliphatic heterocycles. The van der Waals surface area contributed by atoms with E-state index in [1.807, 2.05) is 0 Å². The fourth-order valence-electron chi connectivity index (χ4n) is 3.15. The van der Waals surface area contributed by atoms with Crippen molar-refractivity contribution in [3.63, 3.8) is 0 Å². The van der Waals surface area contributed by atoms with Crippen molar-refractivity contribution in [1.82, 2.24) is 10.2 Å². The van der Waals surface area contributed by atoms with Crippen LogP contribution in [-0.4, -0.2) is 69.3 Å². The van der Waals surface area contributed by atoms with E-state index in [0.29, 0.717) is 5.56 Å². The lowest BCUT2D eigenvalue weighted by atomic mass is 9.88. The second-order valence-electron chi connectivity index (χ2n) is 6.98. The van der Waals surface area contributed by atoms with Crippen molar-refractivity contribution >= 4 is 41.5 Å². The van der Waals surface area contributed by atoms with Crippen LogP contribution in [0.4, 0.5) is 15.3 Å². The van der Waals surface area contributed by atoms with Gasteiger partial charge in [-0.25, -0.2) is 9.59 Å². The summed E-state index contributed by atoms with van der Waals surface area (Å²) in [6.45, 7) is -0.822. The van der Waals surface area contributed by atoms with Gasteiger partial charge in [0, 0.05) is 24.4 Å². The first-order valence-electron chi connectivity index (χ1n) is 8.87. The Morgan fingerprint density at radius 3 is 2.58 bits per heavy atom. The van der Waals surface area contributed by atoms with Crippen LogP contribution in [-0.2, 0) is 25.7 Å². The van der Waals surface area contributed by atoms with Gasteiger partial charge in [-0.2, -0.15) is 0 Å². The lowest BCUT2D eigenvalue weighted by Gasteiger charge is -2.53. The number of primary amides is 1. The predicted molar refractivity (Wildman–Crippen MR) is 104 cm³/mol. The Morgan fingerprint density at radius 1 is 1.32 bits per heavy atom. The van der Waals surface area contributed by atoms with Crippen LogP contribution in [0.5, 0.6) is 0 Å². The van der Waals surface area contributed by atoms with Crippen LogP contribution in [0.3, 0.4) is 0 Å². The molecule has 3 amide bonds. The van der Waals surface area contributed by atoms with Gasteiger partial charge in [-0.15, -0.1) is 11.8 Å². The zero-order valence-electron chi connectivity index (χ0n) is 15.9. The number of nitrogens with zero attached hydrogens (tertiary/aromatic N) is 2. The highest BCUT2D eigenvalue weighted by molar-refractivity contribution is 8.00. The number of β-lactam (4-membered cyclic amide) rings is 1. The number of carboxylic acid groups (broad SMARTS) is 1. The van der Waals surface area contributed by atoms with Crippen LogP contribution in [0.1, 0.15) is 5.56 Å². The summed E-state index contributed by atoms with van der Waals surface area (Å²) in [7, 11) is 0. The molecule has 1 aromatic rings. The van der Waals surface area contributed by atoms with Crippen LogP contribution in [0.25, 0.3) is 0 Å². The van der Waals surface area contributed by atoms with Gasteiger partial charge in [0.05, 0.1) is 4.92 Å². The Hall–Kier alpha value is -3.55. The fraction of sp³-hybridized carbons (Fsp3) is 0.412. The Kier molecular flexibility index (Phi) is 6.19. The number of nitrogens with one attached hydrogen (secondary N) is 1. The van der Waals surface area contributed by atoms with E-state index in [2.05, 4.69) is 10.1 Å². The molecule has 31 heavy (non-hydrogen) atoms. The van der Waals surface area contributed by atoms with E-state index in [4.69, 9.17) is 10.5 Å². The molecule has 2 heterocycles. The summed E-state index contributed by atoms with van der Waals surface area (Å²) in [5.41, 5.74) is 3.84. The molecule has 2 aliphatic rings. The molecule has 3 atom stereocenters. The Balaban J connectivity index is 1.52. The normalized spacial score (nSPS) is 24.4. The number of ether oxygens (including phenoxy) is 2. The first-order valence-corrected chi connectivity index (χ1v) is 9.92. The second-order valence-corrected chi connectivity index (χ2v) is 8.09. The van der Waals surface area contributed by atoms with Crippen LogP contribution in [0.2, 0.25) is 0 Å². The molecule has 3 rings (SSSR count). The maximum Gasteiger partial charge on any atom is 0.408 e. The highest BCUT2D eigenvalue weighted by Gasteiger charge is 2.58. The lowest BCUT2D eigenvalue weighted by molar-refractivity contribution is -0.384. The molecule has 0 aliphatic carbocycles. The number of thioether (sulfide) groups is 1. The minimum Gasteiger partial charge on any atom is -0.481 e. The summed E-state index contributed by atoms with van der Waals surface area (Å²) in [5, 5.41) is 22.1. The number of amides is 3. The van der Waals surface area contributed by atoms with Crippen molar-refractivity contribution < 1.29 is 38.7 Å². The molecule has 0 radical (unpaired) electrons. The molecule has 2 saturated heterocycles. The molecule has 2 unspecified atom stereocenters. The number of nitro benzene ring substituents is 1. The maximum absolute atomic E-state index is 12.4. The number of alkyl carbamates (subject to hydrolysis) is 1. The Bertz CT molecular complexity index is 925. The molecule has 0 saturated carbocycles. The van der Waals surface area contributed by atoms with Gasteiger partial charge >= 0.3 is 18.2 Å². The average molecular weight is 454 g/mol. The number of carbonyl (C=O) groups is 4. The fourth-order valence-corrected chi connectivity index (χ4v) is 4.67. The van der Waals surface area contributed by atoms with Gasteiger partial charge in [0.25, 0.3) is 5.69 Å². The molecule has 0 spiro atoms. The van der Waals surface area contributed by atoms with Crippen LogP contribution < -0.4 is 11.1 Å². The van der Waals surface area contributed by atoms with Gasteiger partial charge in [0.1, 0.15) is 30.0 Å². The molecular weight excluding hydrogens is 436 g/mol. The van der Waals surface area contributed by atoms with Crippen molar-refractivity contribution in [2.24, 2.45) is 11.1 Å². The largest absolute Gasteiger partial charge is 0.481 e. The molecule has 1 aromatic carbocycles. The number of hydrogen-bond donors (Lipinski definition) is 3. The molecule has 4 N–H and O–H groups in total. The van der Waals surface area contributed by atoms with Gasteiger partial charge in [-0.1, -0.05) is 0 Å². The summed E-state index contributed by atoms with van der Waals surface area (Å²) in [6.07, 6.45) is -1.97. The summed E-state index contributed by atoms with van der Waals surface area (Å²) in [5.74, 6) is -1.68. The topological polar surface area (TPSA) is 191 Å². The molecule has 0 aromatic heterocycles. The number of hydrogen-bond acceptors (Lipinski definition) is 9. The summed E-state index contributed by atoms with van der Waals surface area (Å²) in [4.78, 5) is 58.4. The van der Waals surface area contributed by atoms with E-state index < -0.39 is 52.4 Å². The van der Waals surface area contributed by atoms with E-state index in [-0.39, 0.29) is 24.6 Å². The Labute approximate surface area is 179 Å². The third kappa shape index (κ3) is 4.63. The molecule has 14 heteroatoms. The number of benzene rings is 1. The minimum absolute atomic E-state index is 0.0417. The van der Waals surface area contributed by atoms with E-state index in [9.17, 15) is 34.4 Å². The number of non-ortho nitro benzene ring substituents is 1. The highest BCUT2D eigenvalue weighted by Crippen LogP contribution is 2.42. The number of fused-ring (bicyclic) bond motifs is 1. The van der Waals surface area contributed by atoms with Crippen LogP contribution >= 0.6 is 11.8 Å². The molecule has 2 fully saturated rings. The second kappa shape index (κ2) is 8.67. The van der Waals surface area contributed by atoms with E-state index >= 15 is 0 Å². The number of carbonyl (C=O) groups excluding carboxylic acids is 3. The summed E-state index contributed by atoms with van der Waals surface area (Å²) in [6, 6.07) is 4.55. The number of carboxylic acids is 1. The van der Waals surface area contributed by atoms with Crippen LogP contribution in [0.15, 0.2) is 24.3 Å². The van der Waals surface area contributed by atoms with Gasteiger partial charge in [-0.3, -0.25) is 19.7 Å². The van der Waals surface area contributed by atoms with Gasteiger partial charge < -0.3 is 30.5 Å².